The van der Waals surface area contributed by atoms with Crippen molar-refractivity contribution in [2.45, 2.75) is 0 Å². The van der Waals surface area contributed by atoms with Crippen molar-refractivity contribution in [1.82, 2.24) is 4.90 Å². The number of rotatable bonds is 3. The van der Waals surface area contributed by atoms with Crippen LogP contribution in [-0.2, 0) is 9.36 Å². The third-order valence-electron chi connectivity index (χ3n) is 0.996. The number of carboxylic acids is 1. The number of carbonyl (C=O) groups is 1. The zero-order chi connectivity index (χ0) is 10.6. The van der Waals surface area contributed by atoms with Gasteiger partial charge in [0.25, 0.3) is 0 Å². The van der Waals surface area contributed by atoms with Gasteiger partial charge in [0.2, 0.25) is 5.96 Å². The van der Waals surface area contributed by atoms with Crippen molar-refractivity contribution in [1.29, 1.82) is 0 Å². The summed E-state index contributed by atoms with van der Waals surface area (Å²) in [6.45, 7) is -0.477. The first-order valence-corrected chi connectivity index (χ1v) is 4.63. The van der Waals surface area contributed by atoms with E-state index in [1.807, 2.05) is 0 Å². The molecule has 78 valence electrons. The topological polar surface area (TPSA) is 136 Å². The number of likely N-dealkylation sites (N-methyl/N-ethyl adjacent to an activating group) is 1. The summed E-state index contributed by atoms with van der Waals surface area (Å²) in [7, 11) is -3.34. The van der Waals surface area contributed by atoms with Crippen molar-refractivity contribution in [3.05, 3.63) is 0 Å². The number of nitrogens with zero attached hydrogens (tertiary/aromatic N) is 2. The van der Waals surface area contributed by atoms with Crippen LogP contribution < -0.4 is 35.3 Å². The molecule has 14 heavy (non-hydrogen) atoms. The minimum absolute atomic E-state index is 0. The third-order valence-corrected chi connectivity index (χ3v) is 1.46. The maximum absolute atomic E-state index is 10.3. The molecule has 0 heterocycles. The molecule has 0 aromatic rings. The van der Waals surface area contributed by atoms with Crippen LogP contribution in [0.15, 0.2) is 4.76 Å². The van der Waals surface area contributed by atoms with Crippen LogP contribution in [0.4, 0.5) is 0 Å². The molecule has 0 amide bonds. The Morgan fingerprint density at radius 3 is 2.36 bits per heavy atom. The van der Waals surface area contributed by atoms with Gasteiger partial charge in [0, 0.05) is 7.05 Å². The maximum atomic E-state index is 10.3. The van der Waals surface area contributed by atoms with Crippen LogP contribution in [0.1, 0.15) is 1.43 Å². The molecule has 0 saturated carbocycles. The number of guanidine groups is 1. The van der Waals surface area contributed by atoms with E-state index in [4.69, 9.17) is 20.6 Å². The Bertz CT molecular complexity index is 281. The van der Waals surface area contributed by atoms with E-state index in [2.05, 4.69) is 4.76 Å². The molecule has 0 aliphatic rings. The summed E-state index contributed by atoms with van der Waals surface area (Å²) < 4.78 is 13.1. The largest absolute Gasteiger partial charge is 1.00 e. The van der Waals surface area contributed by atoms with E-state index in [9.17, 15) is 9.36 Å². The van der Waals surface area contributed by atoms with Gasteiger partial charge in [-0.05, 0) is 0 Å². The average molecular weight is 235 g/mol. The van der Waals surface area contributed by atoms with Gasteiger partial charge in [0.05, 0.1) is 0 Å². The minimum Gasteiger partial charge on any atom is -1.00 e. The van der Waals surface area contributed by atoms with Gasteiger partial charge in [0.1, 0.15) is 6.54 Å². The van der Waals surface area contributed by atoms with Crippen LogP contribution in [0, 0.1) is 0 Å². The number of hydrogen-bond acceptors (Lipinski definition) is 2. The molecule has 0 atom stereocenters. The van der Waals surface area contributed by atoms with E-state index < -0.39 is 26.2 Å². The summed E-state index contributed by atoms with van der Waals surface area (Å²) in [5.74, 6) is -1.69. The molecule has 0 spiro atoms. The van der Waals surface area contributed by atoms with Crippen LogP contribution in [0.3, 0.4) is 0 Å². The average Bonchev–Trinajstić information content (AvgIpc) is 1.81. The van der Waals surface area contributed by atoms with E-state index in [0.29, 0.717) is 0 Å². The predicted octanol–water partition coefficient (Wildman–Crippen LogP) is -4.47. The van der Waals surface area contributed by atoms with Gasteiger partial charge < -0.3 is 27.0 Å². The molecule has 5 N–H and O–H groups in total. The van der Waals surface area contributed by atoms with E-state index in [-0.39, 0.29) is 31.0 Å². The van der Waals surface area contributed by atoms with Crippen molar-refractivity contribution < 1.29 is 55.2 Å². The maximum Gasteiger partial charge on any atom is 1.00 e. The summed E-state index contributed by atoms with van der Waals surface area (Å²) in [6.07, 6.45) is 0. The molecule has 0 aromatic carbocycles. The summed E-state index contributed by atoms with van der Waals surface area (Å²) >= 11 is 0. The summed E-state index contributed by atoms with van der Waals surface area (Å²) in [4.78, 5) is 27.7. The van der Waals surface area contributed by atoms with Gasteiger partial charge in [-0.25, -0.2) is 4.57 Å². The van der Waals surface area contributed by atoms with E-state index in [0.717, 1.165) is 4.90 Å². The Labute approximate surface area is 104 Å². The Morgan fingerprint density at radius 2 is 2.07 bits per heavy atom. The van der Waals surface area contributed by atoms with Crippen LogP contribution >= 0.6 is 7.75 Å². The second-order valence-electron chi connectivity index (χ2n) is 2.22. The number of hydrogen-bond donors (Lipinski definition) is 4. The number of carboxylic acid groups (broad SMARTS) is 1. The van der Waals surface area contributed by atoms with Crippen molar-refractivity contribution in [2.24, 2.45) is 10.5 Å². The second kappa shape index (κ2) is 6.39. The molecular weight excluding hydrogens is 224 g/mol. The Balaban J connectivity index is -0.000000720. The Kier molecular flexibility index (Phi) is 7.45. The zero-order valence-electron chi connectivity index (χ0n) is 8.78. The molecular formula is C4H11N3NaO5P. The van der Waals surface area contributed by atoms with Gasteiger partial charge in [0.15, 0.2) is 0 Å². The van der Waals surface area contributed by atoms with Crippen LogP contribution in [0.2, 0.25) is 0 Å². The monoisotopic (exact) mass is 235 g/mol. The number of aliphatic carboxylic acids is 1. The fourth-order valence-corrected chi connectivity index (χ4v) is 0.913. The molecule has 0 rings (SSSR count). The van der Waals surface area contributed by atoms with Crippen molar-refractivity contribution >= 4 is 19.7 Å². The summed E-state index contributed by atoms with van der Waals surface area (Å²) in [5, 5.41) is 8.28. The molecule has 0 aromatic heterocycles. The smallest absolute Gasteiger partial charge is 1.00 e. The SMILES string of the molecule is CN(CC(=O)O)C(N)=NP(=O)(O)O.[H-].[Na+]. The summed E-state index contributed by atoms with van der Waals surface area (Å²) in [6, 6.07) is 0. The van der Waals surface area contributed by atoms with Gasteiger partial charge >= 0.3 is 43.3 Å². The molecule has 0 aliphatic carbocycles. The van der Waals surface area contributed by atoms with Crippen LogP contribution in [-0.4, -0.2) is 45.3 Å². The molecule has 0 saturated heterocycles. The predicted molar refractivity (Wildman–Crippen MR) is 45.0 cm³/mol. The molecule has 0 aliphatic heterocycles. The van der Waals surface area contributed by atoms with Crippen LogP contribution in [0.5, 0.6) is 0 Å². The van der Waals surface area contributed by atoms with Crippen molar-refractivity contribution in [3.8, 4) is 0 Å². The van der Waals surface area contributed by atoms with E-state index in [1.165, 1.54) is 7.05 Å². The fourth-order valence-electron chi connectivity index (χ4n) is 0.494. The van der Waals surface area contributed by atoms with Gasteiger partial charge in [-0.3, -0.25) is 4.79 Å². The summed E-state index contributed by atoms with van der Waals surface area (Å²) in [5.41, 5.74) is 5.07. The van der Waals surface area contributed by atoms with Crippen LogP contribution in [0.25, 0.3) is 0 Å². The molecule has 0 radical (unpaired) electrons. The van der Waals surface area contributed by atoms with E-state index >= 15 is 0 Å². The molecule has 10 heteroatoms. The quantitative estimate of drug-likeness (QED) is 0.167. The third kappa shape index (κ3) is 8.49. The number of nitrogens with two attached hydrogens (primary N) is 1. The Morgan fingerprint density at radius 1 is 1.64 bits per heavy atom. The molecule has 0 unspecified atom stereocenters. The van der Waals surface area contributed by atoms with E-state index in [1.54, 1.807) is 0 Å². The Hall–Kier alpha value is -0.110. The van der Waals surface area contributed by atoms with Gasteiger partial charge in [-0.15, -0.1) is 4.76 Å². The van der Waals surface area contributed by atoms with Crippen molar-refractivity contribution in [2.75, 3.05) is 13.6 Å². The second-order valence-corrected chi connectivity index (χ2v) is 3.45. The first kappa shape index (κ1) is 16.3. The zero-order valence-corrected chi connectivity index (χ0v) is 10.7. The first-order chi connectivity index (χ1) is 5.72. The molecule has 0 bridgehead atoms. The fraction of sp³-hybridized carbons (Fsp3) is 0.500. The standard InChI is InChI=1S/C4H10N3O5P.Na.H/c1-7(2-3(8)9)4(5)6-13(10,11)12;;/h2H2,1H3,(H,8,9)(H4,5,6,10,11,12);;/q;+1;-1. The molecule has 8 nitrogen and oxygen atoms in total. The minimum atomic E-state index is -4.59. The van der Waals surface area contributed by atoms with Crippen molar-refractivity contribution in [3.63, 3.8) is 0 Å². The molecule has 0 fully saturated rings. The first-order valence-electron chi connectivity index (χ1n) is 3.06. The van der Waals surface area contributed by atoms with Gasteiger partial charge in [-0.1, -0.05) is 0 Å². The normalized spacial score (nSPS) is 11.8. The van der Waals surface area contributed by atoms with Gasteiger partial charge in [-0.2, -0.15) is 0 Å².